The zero-order valence-electron chi connectivity index (χ0n) is 7.97. The predicted octanol–water partition coefficient (Wildman–Crippen LogP) is 1.83. The van der Waals surface area contributed by atoms with Crippen LogP contribution in [0.5, 0.6) is 0 Å². The largest absolute Gasteiger partial charge is 0.395 e. The first kappa shape index (κ1) is 13.2. The van der Waals surface area contributed by atoms with Gasteiger partial charge in [0.25, 0.3) is 0 Å². The fraction of sp³-hybridized carbons (Fsp3) is 0.273. The molecule has 1 aromatic carbocycles. The molecule has 78 valence electrons. The first-order valence-electron chi connectivity index (χ1n) is 4.41. The minimum Gasteiger partial charge on any atom is -0.395 e. The quantitative estimate of drug-likeness (QED) is 0.802. The lowest BCUT2D eigenvalue weighted by Gasteiger charge is -2.01. The average Bonchev–Trinajstić information content (AvgIpc) is 2.19. The van der Waals surface area contributed by atoms with E-state index < -0.39 is 0 Å². The Hall–Kier alpha value is -0.830. The van der Waals surface area contributed by atoms with E-state index in [1.54, 1.807) is 0 Å². The van der Waals surface area contributed by atoms with Gasteiger partial charge in [0.1, 0.15) is 0 Å². The van der Waals surface area contributed by atoms with Crippen LogP contribution in [-0.2, 0) is 0 Å². The van der Waals surface area contributed by atoms with Gasteiger partial charge in [-0.3, -0.25) is 0 Å². The van der Waals surface area contributed by atoms with Crippen LogP contribution >= 0.6 is 12.4 Å². The van der Waals surface area contributed by atoms with Gasteiger partial charge in [0.05, 0.1) is 6.61 Å². The van der Waals surface area contributed by atoms with E-state index in [4.69, 9.17) is 10.8 Å². The van der Waals surface area contributed by atoms with Crippen LogP contribution in [0.3, 0.4) is 0 Å². The number of hydrogen-bond donors (Lipinski definition) is 2. The Balaban J connectivity index is 0.00000169. The summed E-state index contributed by atoms with van der Waals surface area (Å²) in [5.41, 5.74) is 6.70. The predicted molar refractivity (Wildman–Crippen MR) is 62.4 cm³/mol. The molecule has 2 nitrogen and oxygen atoms in total. The highest BCUT2D eigenvalue weighted by Crippen LogP contribution is 2.02. The fourth-order valence-corrected chi connectivity index (χ4v) is 1.02. The first-order valence-corrected chi connectivity index (χ1v) is 4.41. The molecule has 0 aromatic heterocycles. The molecular formula is C11H16ClNO. The number of halogens is 1. The molecule has 0 aliphatic rings. The van der Waals surface area contributed by atoms with Crippen molar-refractivity contribution >= 4 is 18.5 Å². The van der Waals surface area contributed by atoms with Gasteiger partial charge in [-0.1, -0.05) is 42.5 Å². The average molecular weight is 214 g/mol. The Labute approximate surface area is 90.9 Å². The van der Waals surface area contributed by atoms with Crippen LogP contribution < -0.4 is 5.73 Å². The van der Waals surface area contributed by atoms with Gasteiger partial charge in [-0.05, 0) is 12.0 Å². The SMILES string of the molecule is Cl.NC(CO)CC=Cc1ccccc1. The Morgan fingerprint density at radius 3 is 2.50 bits per heavy atom. The van der Waals surface area contributed by atoms with Crippen LogP contribution in [0.4, 0.5) is 0 Å². The van der Waals surface area contributed by atoms with E-state index in [1.807, 2.05) is 42.5 Å². The van der Waals surface area contributed by atoms with Crippen molar-refractivity contribution < 1.29 is 5.11 Å². The molecule has 0 bridgehead atoms. The van der Waals surface area contributed by atoms with E-state index in [9.17, 15) is 0 Å². The molecule has 3 heteroatoms. The number of aliphatic hydroxyl groups is 1. The van der Waals surface area contributed by atoms with Crippen molar-refractivity contribution in [1.29, 1.82) is 0 Å². The van der Waals surface area contributed by atoms with Crippen molar-refractivity contribution in [3.63, 3.8) is 0 Å². The lowest BCUT2D eigenvalue weighted by atomic mass is 10.1. The molecule has 1 rings (SSSR count). The standard InChI is InChI=1S/C11H15NO.ClH/c12-11(9-13)8-4-7-10-5-2-1-3-6-10;/h1-7,11,13H,8-9,12H2;1H. The summed E-state index contributed by atoms with van der Waals surface area (Å²) in [6.07, 6.45) is 4.71. The van der Waals surface area contributed by atoms with E-state index in [1.165, 1.54) is 0 Å². The van der Waals surface area contributed by atoms with E-state index in [2.05, 4.69) is 0 Å². The second-order valence-electron chi connectivity index (χ2n) is 2.99. The highest BCUT2D eigenvalue weighted by atomic mass is 35.5. The Morgan fingerprint density at radius 2 is 1.93 bits per heavy atom. The van der Waals surface area contributed by atoms with Crippen molar-refractivity contribution in [3.05, 3.63) is 42.0 Å². The summed E-state index contributed by atoms with van der Waals surface area (Å²) in [5.74, 6) is 0. The Bertz CT molecular complexity index is 261. The van der Waals surface area contributed by atoms with E-state index in [-0.39, 0.29) is 25.1 Å². The topological polar surface area (TPSA) is 46.2 Å². The molecule has 1 atom stereocenters. The Kier molecular flexibility index (Phi) is 7.11. The third-order valence-corrected chi connectivity index (χ3v) is 1.78. The zero-order valence-corrected chi connectivity index (χ0v) is 8.78. The molecule has 0 aliphatic heterocycles. The minimum atomic E-state index is -0.139. The molecule has 0 spiro atoms. The second kappa shape index (κ2) is 7.56. The molecule has 3 N–H and O–H groups in total. The number of aliphatic hydroxyl groups excluding tert-OH is 1. The summed E-state index contributed by atoms with van der Waals surface area (Å²) in [6, 6.07) is 9.88. The van der Waals surface area contributed by atoms with Crippen LogP contribution in [0.1, 0.15) is 12.0 Å². The Morgan fingerprint density at radius 1 is 1.29 bits per heavy atom. The molecule has 0 heterocycles. The molecule has 0 radical (unpaired) electrons. The third-order valence-electron chi connectivity index (χ3n) is 1.78. The fourth-order valence-electron chi connectivity index (χ4n) is 1.02. The zero-order chi connectivity index (χ0) is 9.52. The summed E-state index contributed by atoms with van der Waals surface area (Å²) in [7, 11) is 0. The van der Waals surface area contributed by atoms with Gasteiger partial charge >= 0.3 is 0 Å². The van der Waals surface area contributed by atoms with Crippen LogP contribution in [0, 0.1) is 0 Å². The summed E-state index contributed by atoms with van der Waals surface area (Å²) < 4.78 is 0. The van der Waals surface area contributed by atoms with Crippen molar-refractivity contribution in [1.82, 2.24) is 0 Å². The van der Waals surface area contributed by atoms with Gasteiger partial charge in [-0.15, -0.1) is 12.4 Å². The maximum absolute atomic E-state index is 8.67. The van der Waals surface area contributed by atoms with Crippen LogP contribution in [0.2, 0.25) is 0 Å². The van der Waals surface area contributed by atoms with Gasteiger partial charge in [0.15, 0.2) is 0 Å². The second-order valence-corrected chi connectivity index (χ2v) is 2.99. The summed E-state index contributed by atoms with van der Waals surface area (Å²) in [6.45, 7) is 0.0408. The molecule has 14 heavy (non-hydrogen) atoms. The van der Waals surface area contributed by atoms with Crippen molar-refractivity contribution in [2.75, 3.05) is 6.61 Å². The third kappa shape index (κ3) is 5.02. The van der Waals surface area contributed by atoms with Crippen molar-refractivity contribution in [2.45, 2.75) is 12.5 Å². The number of benzene rings is 1. The maximum Gasteiger partial charge on any atom is 0.0585 e. The monoisotopic (exact) mass is 213 g/mol. The highest BCUT2D eigenvalue weighted by molar-refractivity contribution is 5.85. The van der Waals surface area contributed by atoms with E-state index in [0.29, 0.717) is 6.42 Å². The van der Waals surface area contributed by atoms with Crippen LogP contribution in [-0.4, -0.2) is 17.8 Å². The molecule has 0 amide bonds. The molecule has 0 aliphatic carbocycles. The number of rotatable bonds is 4. The lowest BCUT2D eigenvalue weighted by Crippen LogP contribution is -2.22. The van der Waals surface area contributed by atoms with E-state index in [0.717, 1.165) is 5.56 Å². The van der Waals surface area contributed by atoms with Crippen LogP contribution in [0.15, 0.2) is 36.4 Å². The van der Waals surface area contributed by atoms with Gasteiger partial charge in [-0.2, -0.15) is 0 Å². The molecule has 1 unspecified atom stereocenters. The summed E-state index contributed by atoms with van der Waals surface area (Å²) in [4.78, 5) is 0. The van der Waals surface area contributed by atoms with E-state index >= 15 is 0 Å². The molecule has 0 fully saturated rings. The van der Waals surface area contributed by atoms with Crippen molar-refractivity contribution in [3.8, 4) is 0 Å². The van der Waals surface area contributed by atoms with Gasteiger partial charge in [0.2, 0.25) is 0 Å². The lowest BCUT2D eigenvalue weighted by molar-refractivity contribution is 0.267. The van der Waals surface area contributed by atoms with Crippen LogP contribution in [0.25, 0.3) is 6.08 Å². The normalized spacial score (nSPS) is 12.4. The van der Waals surface area contributed by atoms with Gasteiger partial charge in [0, 0.05) is 6.04 Å². The number of nitrogens with two attached hydrogens (primary N) is 1. The first-order chi connectivity index (χ1) is 6.33. The smallest absolute Gasteiger partial charge is 0.0585 e. The highest BCUT2D eigenvalue weighted by Gasteiger charge is 1.94. The summed E-state index contributed by atoms with van der Waals surface area (Å²) >= 11 is 0. The van der Waals surface area contributed by atoms with Crippen molar-refractivity contribution in [2.24, 2.45) is 5.73 Å². The number of hydrogen-bond acceptors (Lipinski definition) is 2. The van der Waals surface area contributed by atoms with Gasteiger partial charge < -0.3 is 10.8 Å². The van der Waals surface area contributed by atoms with Gasteiger partial charge in [-0.25, -0.2) is 0 Å². The molecule has 0 saturated heterocycles. The maximum atomic E-state index is 8.67. The summed E-state index contributed by atoms with van der Waals surface area (Å²) in [5, 5.41) is 8.67. The molecule has 0 saturated carbocycles. The minimum absolute atomic E-state index is 0. The molecular weight excluding hydrogens is 198 g/mol. The molecule has 1 aromatic rings.